The Morgan fingerprint density at radius 3 is 2.90 bits per heavy atom. The van der Waals surface area contributed by atoms with Crippen molar-refractivity contribution < 1.29 is 9.90 Å². The summed E-state index contributed by atoms with van der Waals surface area (Å²) in [6.07, 6.45) is 10.2. The van der Waals surface area contributed by atoms with Gasteiger partial charge in [-0.3, -0.25) is 9.98 Å². The van der Waals surface area contributed by atoms with Gasteiger partial charge in [-0.05, 0) is 30.9 Å². The van der Waals surface area contributed by atoms with Crippen LogP contribution in [-0.4, -0.2) is 40.4 Å². The molecule has 0 saturated heterocycles. The second kappa shape index (κ2) is 6.24. The topological polar surface area (TPSA) is 65.8 Å². The monoisotopic (exact) mass is 287 g/mol. The van der Waals surface area contributed by atoms with E-state index in [-0.39, 0.29) is 11.6 Å². The van der Waals surface area contributed by atoms with Gasteiger partial charge in [-0.15, -0.1) is 0 Å². The molecule has 0 amide bonds. The Labute approximate surface area is 124 Å². The highest BCUT2D eigenvalue weighted by molar-refractivity contribution is 5.87. The number of aromatic carboxylic acids is 1. The van der Waals surface area contributed by atoms with Crippen molar-refractivity contribution in [3.63, 3.8) is 0 Å². The number of pyridine rings is 1. The molecule has 0 radical (unpaired) electrons. The highest BCUT2D eigenvalue weighted by atomic mass is 16.4. The van der Waals surface area contributed by atoms with Crippen LogP contribution in [0.25, 0.3) is 0 Å². The third kappa shape index (κ3) is 3.40. The summed E-state index contributed by atoms with van der Waals surface area (Å²) >= 11 is 0. The molecule has 1 aliphatic carbocycles. The fourth-order valence-electron chi connectivity index (χ4n) is 3.25. The van der Waals surface area contributed by atoms with E-state index in [1.165, 1.54) is 38.2 Å². The molecule has 1 aliphatic heterocycles. The van der Waals surface area contributed by atoms with E-state index in [1.54, 1.807) is 12.3 Å². The summed E-state index contributed by atoms with van der Waals surface area (Å²) in [4.78, 5) is 22.1. The summed E-state index contributed by atoms with van der Waals surface area (Å²) < 4.78 is 0. The SMILES string of the molecule is O=C(O)c1ccnc(C2CN(CC3CCCCC3)C=N2)c1. The molecule has 1 aromatic heterocycles. The standard InChI is InChI=1S/C16H21N3O2/c20-16(21)13-6-7-17-14(8-13)15-10-19(11-18-15)9-12-4-2-1-3-5-12/h6-8,11-12,15H,1-5,9-10H2,(H,20,21). The number of carbonyl (C=O) groups is 1. The molecule has 0 bridgehead atoms. The van der Waals surface area contributed by atoms with Gasteiger partial charge in [0, 0.05) is 19.3 Å². The van der Waals surface area contributed by atoms with Crippen LogP contribution >= 0.6 is 0 Å². The molecule has 2 aliphatic rings. The van der Waals surface area contributed by atoms with E-state index in [1.807, 2.05) is 6.34 Å². The van der Waals surface area contributed by atoms with Crippen molar-refractivity contribution in [1.82, 2.24) is 9.88 Å². The fraction of sp³-hybridized carbons (Fsp3) is 0.562. The van der Waals surface area contributed by atoms with Crippen LogP contribution in [0.5, 0.6) is 0 Å². The Morgan fingerprint density at radius 1 is 1.33 bits per heavy atom. The van der Waals surface area contributed by atoms with Gasteiger partial charge in [-0.1, -0.05) is 19.3 Å². The molecule has 1 N–H and O–H groups in total. The first kappa shape index (κ1) is 14.0. The van der Waals surface area contributed by atoms with E-state index in [9.17, 15) is 4.79 Å². The quantitative estimate of drug-likeness (QED) is 0.924. The minimum absolute atomic E-state index is 0.0344. The number of nitrogens with zero attached hydrogens (tertiary/aromatic N) is 3. The first-order valence-electron chi connectivity index (χ1n) is 7.69. The smallest absolute Gasteiger partial charge is 0.335 e. The molecule has 1 atom stereocenters. The van der Waals surface area contributed by atoms with E-state index in [4.69, 9.17) is 5.11 Å². The van der Waals surface area contributed by atoms with E-state index < -0.39 is 5.97 Å². The van der Waals surface area contributed by atoms with Gasteiger partial charge in [0.05, 0.1) is 17.6 Å². The largest absolute Gasteiger partial charge is 0.478 e. The molecule has 21 heavy (non-hydrogen) atoms. The number of aliphatic imine (C=N–C) groups is 1. The van der Waals surface area contributed by atoms with Crippen molar-refractivity contribution in [2.24, 2.45) is 10.9 Å². The Bertz CT molecular complexity index is 538. The van der Waals surface area contributed by atoms with Gasteiger partial charge in [-0.25, -0.2) is 4.79 Å². The maximum Gasteiger partial charge on any atom is 0.335 e. The first-order valence-corrected chi connectivity index (χ1v) is 7.69. The molecule has 1 aromatic rings. The molecule has 3 rings (SSSR count). The van der Waals surface area contributed by atoms with Gasteiger partial charge in [0.1, 0.15) is 6.04 Å². The molecular formula is C16H21N3O2. The number of aromatic nitrogens is 1. The lowest BCUT2D eigenvalue weighted by Gasteiger charge is -2.26. The lowest BCUT2D eigenvalue weighted by atomic mass is 9.89. The maximum absolute atomic E-state index is 11.0. The Kier molecular flexibility index (Phi) is 4.18. The lowest BCUT2D eigenvalue weighted by Crippen LogP contribution is -2.28. The van der Waals surface area contributed by atoms with Crippen molar-refractivity contribution in [2.75, 3.05) is 13.1 Å². The third-order valence-electron chi connectivity index (χ3n) is 4.40. The number of hydrogen-bond donors (Lipinski definition) is 1. The van der Waals surface area contributed by atoms with Gasteiger partial charge < -0.3 is 10.0 Å². The molecule has 1 fully saturated rings. The maximum atomic E-state index is 11.0. The van der Waals surface area contributed by atoms with Gasteiger partial charge in [0.15, 0.2) is 0 Å². The van der Waals surface area contributed by atoms with Gasteiger partial charge in [-0.2, -0.15) is 0 Å². The second-order valence-electron chi connectivity index (χ2n) is 6.01. The molecule has 2 heterocycles. The van der Waals surface area contributed by atoms with Crippen LogP contribution in [0.1, 0.15) is 54.2 Å². The highest BCUT2D eigenvalue weighted by Gasteiger charge is 2.24. The summed E-state index contributed by atoms with van der Waals surface area (Å²) in [5.41, 5.74) is 1.03. The lowest BCUT2D eigenvalue weighted by molar-refractivity contribution is 0.0696. The second-order valence-corrected chi connectivity index (χ2v) is 6.01. The van der Waals surface area contributed by atoms with Crippen LogP contribution in [-0.2, 0) is 0 Å². The Balaban J connectivity index is 1.60. The summed E-state index contributed by atoms with van der Waals surface area (Å²) in [7, 11) is 0. The van der Waals surface area contributed by atoms with Crippen LogP contribution in [0.15, 0.2) is 23.3 Å². The predicted octanol–water partition coefficient (Wildman–Crippen LogP) is 2.75. The van der Waals surface area contributed by atoms with Crippen LogP contribution in [0, 0.1) is 5.92 Å². The first-order chi connectivity index (χ1) is 10.2. The third-order valence-corrected chi connectivity index (χ3v) is 4.40. The van der Waals surface area contributed by atoms with Crippen molar-refractivity contribution in [1.29, 1.82) is 0 Å². The number of hydrogen-bond acceptors (Lipinski definition) is 4. The molecule has 1 unspecified atom stereocenters. The average molecular weight is 287 g/mol. The number of carboxylic acid groups (broad SMARTS) is 1. The van der Waals surface area contributed by atoms with Crippen molar-refractivity contribution in [2.45, 2.75) is 38.1 Å². The van der Waals surface area contributed by atoms with Gasteiger partial charge in [0.2, 0.25) is 0 Å². The van der Waals surface area contributed by atoms with Crippen molar-refractivity contribution in [3.05, 3.63) is 29.6 Å². The summed E-state index contributed by atoms with van der Waals surface area (Å²) in [6, 6.07) is 3.12. The average Bonchev–Trinajstić information content (AvgIpc) is 2.97. The van der Waals surface area contributed by atoms with Crippen LogP contribution in [0.2, 0.25) is 0 Å². The van der Waals surface area contributed by atoms with Crippen LogP contribution in [0.4, 0.5) is 0 Å². The Morgan fingerprint density at radius 2 is 2.14 bits per heavy atom. The van der Waals surface area contributed by atoms with Crippen LogP contribution in [0.3, 0.4) is 0 Å². The zero-order valence-corrected chi connectivity index (χ0v) is 12.1. The summed E-state index contributed by atoms with van der Waals surface area (Å²) in [6.45, 7) is 1.88. The van der Waals surface area contributed by atoms with Crippen molar-refractivity contribution in [3.8, 4) is 0 Å². The van der Waals surface area contributed by atoms with E-state index in [2.05, 4.69) is 14.9 Å². The molecule has 5 nitrogen and oxygen atoms in total. The molecule has 0 spiro atoms. The van der Waals surface area contributed by atoms with E-state index in [0.29, 0.717) is 0 Å². The van der Waals surface area contributed by atoms with Crippen molar-refractivity contribution >= 4 is 12.3 Å². The summed E-state index contributed by atoms with van der Waals surface area (Å²) in [5.74, 6) is -0.137. The predicted molar refractivity (Wildman–Crippen MR) is 80.6 cm³/mol. The van der Waals surface area contributed by atoms with Gasteiger partial charge >= 0.3 is 5.97 Å². The normalized spacial score (nSPS) is 22.7. The van der Waals surface area contributed by atoms with Gasteiger partial charge in [0.25, 0.3) is 0 Å². The highest BCUT2D eigenvalue weighted by Crippen LogP contribution is 2.27. The molecule has 5 heteroatoms. The molecular weight excluding hydrogens is 266 g/mol. The minimum Gasteiger partial charge on any atom is -0.478 e. The zero-order valence-electron chi connectivity index (χ0n) is 12.1. The van der Waals surface area contributed by atoms with Crippen LogP contribution < -0.4 is 0 Å². The molecule has 1 saturated carbocycles. The number of carboxylic acids is 1. The van der Waals surface area contributed by atoms with E-state index >= 15 is 0 Å². The molecule has 0 aromatic carbocycles. The zero-order chi connectivity index (χ0) is 14.7. The van der Waals surface area contributed by atoms with E-state index in [0.717, 1.165) is 24.7 Å². The fourth-order valence-corrected chi connectivity index (χ4v) is 3.25. The summed E-state index contributed by atoms with van der Waals surface area (Å²) in [5, 5.41) is 9.04. The molecule has 112 valence electrons. The minimum atomic E-state index is -0.917. The number of rotatable bonds is 4. The Hall–Kier alpha value is -1.91.